The first-order chi connectivity index (χ1) is 5.88. The lowest BCUT2D eigenvalue weighted by atomic mass is 10.2. The van der Waals surface area contributed by atoms with Gasteiger partial charge >= 0.3 is 0 Å². The Bertz CT molecular complexity index is 370. The molecule has 2 aromatic heterocycles. The highest BCUT2D eigenvalue weighted by molar-refractivity contribution is 5.67. The Balaban J connectivity index is 2.55. The standard InChI is InChI=1S/C8H7N3O/c9-8-6(4-10-5-11-8)7-2-1-3-12-7/h1-5H,(H2,9,10,11). The number of hydrogen-bond donors (Lipinski definition) is 1. The predicted octanol–water partition coefficient (Wildman–Crippen LogP) is 1.32. The second-order valence-corrected chi connectivity index (χ2v) is 2.30. The summed E-state index contributed by atoms with van der Waals surface area (Å²) in [7, 11) is 0. The fraction of sp³-hybridized carbons (Fsp3) is 0. The molecule has 0 fully saturated rings. The van der Waals surface area contributed by atoms with Crippen LogP contribution >= 0.6 is 0 Å². The third-order valence-corrected chi connectivity index (χ3v) is 1.53. The molecule has 0 aliphatic heterocycles. The molecule has 0 aromatic carbocycles. The van der Waals surface area contributed by atoms with Crippen LogP contribution in [-0.2, 0) is 0 Å². The molecule has 0 aliphatic rings. The summed E-state index contributed by atoms with van der Waals surface area (Å²) in [4.78, 5) is 7.69. The highest BCUT2D eigenvalue weighted by Gasteiger charge is 2.04. The molecule has 0 amide bonds. The summed E-state index contributed by atoms with van der Waals surface area (Å²) >= 11 is 0. The van der Waals surface area contributed by atoms with Gasteiger partial charge in [0.2, 0.25) is 0 Å². The van der Waals surface area contributed by atoms with Crippen molar-refractivity contribution in [3.63, 3.8) is 0 Å². The van der Waals surface area contributed by atoms with Crippen LogP contribution in [0.15, 0.2) is 35.3 Å². The van der Waals surface area contributed by atoms with Crippen molar-refractivity contribution in [2.75, 3.05) is 5.73 Å². The highest BCUT2D eigenvalue weighted by Crippen LogP contribution is 2.22. The molecule has 0 radical (unpaired) electrons. The predicted molar refractivity (Wildman–Crippen MR) is 44.1 cm³/mol. The normalized spacial score (nSPS) is 10.0. The zero-order chi connectivity index (χ0) is 8.39. The Labute approximate surface area is 69.1 Å². The van der Waals surface area contributed by atoms with Gasteiger partial charge in [-0.3, -0.25) is 0 Å². The lowest BCUT2D eigenvalue weighted by Crippen LogP contribution is -1.93. The first-order valence-corrected chi connectivity index (χ1v) is 3.47. The van der Waals surface area contributed by atoms with Crippen molar-refractivity contribution in [2.24, 2.45) is 0 Å². The molecule has 2 rings (SSSR count). The number of anilines is 1. The maximum absolute atomic E-state index is 5.60. The first kappa shape index (κ1) is 6.84. The fourth-order valence-corrected chi connectivity index (χ4v) is 0.961. The van der Waals surface area contributed by atoms with E-state index in [1.165, 1.54) is 6.33 Å². The Kier molecular flexibility index (Phi) is 1.51. The highest BCUT2D eigenvalue weighted by atomic mass is 16.3. The van der Waals surface area contributed by atoms with Gasteiger partial charge in [-0.1, -0.05) is 0 Å². The summed E-state index contributed by atoms with van der Waals surface area (Å²) < 4.78 is 5.14. The van der Waals surface area contributed by atoms with E-state index >= 15 is 0 Å². The number of furan rings is 1. The van der Waals surface area contributed by atoms with Crippen LogP contribution in [-0.4, -0.2) is 9.97 Å². The lowest BCUT2D eigenvalue weighted by Gasteiger charge is -1.97. The Morgan fingerprint density at radius 2 is 2.33 bits per heavy atom. The Morgan fingerprint density at radius 1 is 1.42 bits per heavy atom. The topological polar surface area (TPSA) is 64.9 Å². The zero-order valence-electron chi connectivity index (χ0n) is 6.27. The van der Waals surface area contributed by atoms with Crippen molar-refractivity contribution < 1.29 is 4.42 Å². The molecule has 12 heavy (non-hydrogen) atoms. The summed E-state index contributed by atoms with van der Waals surface area (Å²) in [5.74, 6) is 1.12. The second-order valence-electron chi connectivity index (χ2n) is 2.30. The van der Waals surface area contributed by atoms with E-state index in [2.05, 4.69) is 9.97 Å². The molecule has 0 saturated carbocycles. The van der Waals surface area contributed by atoms with Gasteiger partial charge in [-0.2, -0.15) is 0 Å². The minimum Gasteiger partial charge on any atom is -0.464 e. The van der Waals surface area contributed by atoms with Crippen molar-refractivity contribution in [3.05, 3.63) is 30.9 Å². The van der Waals surface area contributed by atoms with E-state index in [9.17, 15) is 0 Å². The van der Waals surface area contributed by atoms with Crippen molar-refractivity contribution >= 4 is 5.82 Å². The maximum atomic E-state index is 5.60. The first-order valence-electron chi connectivity index (χ1n) is 3.47. The molecule has 2 heterocycles. The van der Waals surface area contributed by atoms with Gasteiger partial charge in [-0.15, -0.1) is 0 Å². The number of rotatable bonds is 1. The van der Waals surface area contributed by atoms with E-state index in [1.54, 1.807) is 18.5 Å². The smallest absolute Gasteiger partial charge is 0.139 e. The van der Waals surface area contributed by atoms with Crippen LogP contribution in [0.3, 0.4) is 0 Å². The van der Waals surface area contributed by atoms with Gasteiger partial charge in [0, 0.05) is 6.20 Å². The lowest BCUT2D eigenvalue weighted by molar-refractivity contribution is 0.582. The summed E-state index contributed by atoms with van der Waals surface area (Å²) in [6, 6.07) is 3.61. The quantitative estimate of drug-likeness (QED) is 0.685. The molecule has 2 N–H and O–H groups in total. The average molecular weight is 161 g/mol. The van der Waals surface area contributed by atoms with E-state index in [4.69, 9.17) is 10.2 Å². The summed E-state index contributed by atoms with van der Waals surface area (Å²) in [5.41, 5.74) is 6.33. The third kappa shape index (κ3) is 1.03. The third-order valence-electron chi connectivity index (χ3n) is 1.53. The second kappa shape index (κ2) is 2.65. The summed E-state index contributed by atoms with van der Waals surface area (Å²) in [6.45, 7) is 0. The number of nitrogens with two attached hydrogens (primary N) is 1. The minimum atomic E-state index is 0.431. The van der Waals surface area contributed by atoms with Crippen LogP contribution in [0.4, 0.5) is 5.82 Å². The van der Waals surface area contributed by atoms with E-state index in [0.29, 0.717) is 11.6 Å². The molecular weight excluding hydrogens is 154 g/mol. The maximum Gasteiger partial charge on any atom is 0.139 e. The van der Waals surface area contributed by atoms with E-state index in [-0.39, 0.29) is 0 Å². The minimum absolute atomic E-state index is 0.431. The Hall–Kier alpha value is -1.84. The summed E-state index contributed by atoms with van der Waals surface area (Å²) in [5, 5.41) is 0. The monoisotopic (exact) mass is 161 g/mol. The van der Waals surface area contributed by atoms with Gasteiger partial charge in [0.15, 0.2) is 0 Å². The van der Waals surface area contributed by atoms with Gasteiger partial charge < -0.3 is 10.2 Å². The van der Waals surface area contributed by atoms with Gasteiger partial charge in [0.25, 0.3) is 0 Å². The van der Waals surface area contributed by atoms with Crippen LogP contribution in [0.5, 0.6) is 0 Å². The largest absolute Gasteiger partial charge is 0.464 e. The van der Waals surface area contributed by atoms with E-state index < -0.39 is 0 Å². The van der Waals surface area contributed by atoms with E-state index in [1.807, 2.05) is 6.07 Å². The van der Waals surface area contributed by atoms with Crippen molar-refractivity contribution in [2.45, 2.75) is 0 Å². The van der Waals surface area contributed by atoms with Crippen molar-refractivity contribution in [1.29, 1.82) is 0 Å². The van der Waals surface area contributed by atoms with Crippen LogP contribution in [0.2, 0.25) is 0 Å². The van der Waals surface area contributed by atoms with Crippen LogP contribution in [0.1, 0.15) is 0 Å². The molecule has 0 unspecified atom stereocenters. The number of aromatic nitrogens is 2. The number of nitrogen functional groups attached to an aromatic ring is 1. The molecule has 60 valence electrons. The molecule has 2 aromatic rings. The van der Waals surface area contributed by atoms with Crippen LogP contribution < -0.4 is 5.73 Å². The SMILES string of the molecule is Nc1ncncc1-c1ccco1. The van der Waals surface area contributed by atoms with Gasteiger partial charge in [-0.05, 0) is 12.1 Å². The molecule has 0 bridgehead atoms. The molecule has 0 spiro atoms. The zero-order valence-corrected chi connectivity index (χ0v) is 6.27. The average Bonchev–Trinajstić information content (AvgIpc) is 2.57. The summed E-state index contributed by atoms with van der Waals surface area (Å²) in [6.07, 6.45) is 4.62. The van der Waals surface area contributed by atoms with Gasteiger partial charge in [0.1, 0.15) is 17.9 Å². The van der Waals surface area contributed by atoms with Crippen molar-refractivity contribution in [1.82, 2.24) is 9.97 Å². The molecule has 4 heteroatoms. The van der Waals surface area contributed by atoms with E-state index in [0.717, 1.165) is 5.56 Å². The van der Waals surface area contributed by atoms with Crippen LogP contribution in [0.25, 0.3) is 11.3 Å². The molecular formula is C8H7N3O. The number of nitrogens with zero attached hydrogens (tertiary/aromatic N) is 2. The van der Waals surface area contributed by atoms with Crippen molar-refractivity contribution in [3.8, 4) is 11.3 Å². The molecule has 4 nitrogen and oxygen atoms in total. The molecule has 0 saturated heterocycles. The van der Waals surface area contributed by atoms with Gasteiger partial charge in [-0.25, -0.2) is 9.97 Å². The molecule has 0 aliphatic carbocycles. The Morgan fingerprint density at radius 3 is 3.00 bits per heavy atom. The molecule has 0 atom stereocenters. The number of hydrogen-bond acceptors (Lipinski definition) is 4. The van der Waals surface area contributed by atoms with Gasteiger partial charge in [0.05, 0.1) is 11.8 Å². The van der Waals surface area contributed by atoms with Crippen LogP contribution in [0, 0.1) is 0 Å². The fourth-order valence-electron chi connectivity index (χ4n) is 0.961.